The monoisotopic (exact) mass is 614 g/mol. The number of rotatable bonds is 4. The van der Waals surface area contributed by atoms with Crippen LogP contribution in [0.15, 0.2) is 106 Å². The molecule has 0 aliphatic carbocycles. The Morgan fingerprint density at radius 1 is 0.421 bits per heavy atom. The van der Waals surface area contributed by atoms with E-state index in [-0.39, 0.29) is 11.6 Å². The van der Waals surface area contributed by atoms with Crippen LogP contribution in [0.5, 0.6) is 0 Å². The first-order valence-electron chi connectivity index (χ1n) is 12.3. The van der Waals surface area contributed by atoms with E-state index >= 15 is 0 Å². The molecule has 0 aliphatic rings. The molecule has 0 N–H and O–H groups in total. The molecule has 8 aromatic rings. The first kappa shape index (κ1) is 22.2. The quantitative estimate of drug-likeness (QED) is 0.146. The second-order valence-electron chi connectivity index (χ2n) is 9.80. The molecule has 8 aromatic carbocycles. The lowest BCUT2D eigenvalue weighted by molar-refractivity contribution is 0.103. The largest absolute Gasteiger partial charge is 0.289 e. The highest BCUT2D eigenvalue weighted by atomic mass is 79.9. The number of halogens is 2. The Labute approximate surface area is 234 Å². The molecular weight excluding hydrogens is 600 g/mol. The van der Waals surface area contributed by atoms with Gasteiger partial charge in [-0.1, -0.05) is 92.5 Å². The van der Waals surface area contributed by atoms with Crippen molar-refractivity contribution >= 4 is 97.3 Å². The molecule has 0 radical (unpaired) electrons. The van der Waals surface area contributed by atoms with Crippen LogP contribution in [0.2, 0.25) is 0 Å². The van der Waals surface area contributed by atoms with E-state index in [0.717, 1.165) is 62.8 Å². The summed E-state index contributed by atoms with van der Waals surface area (Å²) >= 11 is 7.13. The Morgan fingerprint density at radius 2 is 0.816 bits per heavy atom. The number of benzene rings is 7. The van der Waals surface area contributed by atoms with E-state index in [9.17, 15) is 9.59 Å². The van der Waals surface area contributed by atoms with Gasteiger partial charge in [-0.2, -0.15) is 0 Å². The third kappa shape index (κ3) is 2.82. The van der Waals surface area contributed by atoms with Gasteiger partial charge in [-0.3, -0.25) is 9.59 Å². The van der Waals surface area contributed by atoms with Crippen molar-refractivity contribution in [3.63, 3.8) is 0 Å². The highest BCUT2D eigenvalue weighted by Crippen LogP contribution is 2.50. The van der Waals surface area contributed by atoms with Gasteiger partial charge in [0.2, 0.25) is 0 Å². The van der Waals surface area contributed by atoms with Gasteiger partial charge in [-0.25, -0.2) is 0 Å². The van der Waals surface area contributed by atoms with Crippen LogP contribution >= 0.6 is 31.9 Å². The van der Waals surface area contributed by atoms with Crippen LogP contribution in [0.1, 0.15) is 31.8 Å². The van der Waals surface area contributed by atoms with Crippen molar-refractivity contribution in [2.24, 2.45) is 0 Å². The maximum atomic E-state index is 13.9. The van der Waals surface area contributed by atoms with E-state index in [1.54, 1.807) is 0 Å². The van der Waals surface area contributed by atoms with Crippen LogP contribution in [-0.4, -0.2) is 11.6 Å². The minimum absolute atomic E-state index is 0.00764. The summed E-state index contributed by atoms with van der Waals surface area (Å²) in [5.41, 5.74) is 2.67. The fourth-order valence-corrected chi connectivity index (χ4v) is 7.15. The average Bonchev–Trinajstić information content (AvgIpc) is 3.31. The van der Waals surface area contributed by atoms with Crippen LogP contribution in [-0.2, 0) is 0 Å². The van der Waals surface area contributed by atoms with Gasteiger partial charge in [-0.15, -0.1) is 0 Å². The summed E-state index contributed by atoms with van der Waals surface area (Å²) in [7, 11) is 0. The second kappa shape index (κ2) is 7.83. The molecule has 0 unspecified atom stereocenters. The highest BCUT2D eigenvalue weighted by Gasteiger charge is 2.27. The molecule has 178 valence electrons. The van der Waals surface area contributed by atoms with Gasteiger partial charge in [0, 0.05) is 31.2 Å². The summed E-state index contributed by atoms with van der Waals surface area (Å²) in [5.74, 6) is -0.0153. The number of hydrogen-bond donors (Lipinski definition) is 0. The smallest absolute Gasteiger partial charge is 0.194 e. The van der Waals surface area contributed by atoms with Crippen molar-refractivity contribution in [1.82, 2.24) is 0 Å². The Balaban J connectivity index is 1.51. The molecular formula is C34H16Br2O2. The third-order valence-electron chi connectivity index (χ3n) is 7.86. The van der Waals surface area contributed by atoms with Crippen LogP contribution in [0, 0.1) is 0 Å². The van der Waals surface area contributed by atoms with E-state index in [2.05, 4.69) is 62.2 Å². The molecule has 0 saturated heterocycles. The number of carbonyl (C=O) groups excluding carboxylic acids is 2. The normalized spacial score (nSPS) is 12.2. The molecule has 0 amide bonds. The predicted molar refractivity (Wildman–Crippen MR) is 163 cm³/mol. The Morgan fingerprint density at radius 3 is 1.34 bits per heavy atom. The molecule has 0 aromatic heterocycles. The number of ketones is 2. The molecule has 38 heavy (non-hydrogen) atoms. The molecule has 0 aliphatic heterocycles. The maximum Gasteiger partial charge on any atom is 0.194 e. The van der Waals surface area contributed by atoms with Crippen LogP contribution in [0.3, 0.4) is 0 Å². The van der Waals surface area contributed by atoms with Gasteiger partial charge in [0.1, 0.15) is 0 Å². The Kier molecular flexibility index (Phi) is 4.56. The van der Waals surface area contributed by atoms with Crippen molar-refractivity contribution in [2.75, 3.05) is 0 Å². The molecule has 0 atom stereocenters. The van der Waals surface area contributed by atoms with E-state index in [1.165, 1.54) is 0 Å². The molecule has 0 saturated carbocycles. The van der Waals surface area contributed by atoms with Crippen LogP contribution in [0.4, 0.5) is 0 Å². The van der Waals surface area contributed by atoms with Gasteiger partial charge in [0.25, 0.3) is 0 Å². The summed E-state index contributed by atoms with van der Waals surface area (Å²) in [4.78, 5) is 27.7. The first-order chi connectivity index (χ1) is 18.5. The second-order valence-corrected chi connectivity index (χ2v) is 11.5. The molecule has 0 fully saturated rings. The molecule has 2 nitrogen and oxygen atoms in total. The zero-order valence-electron chi connectivity index (χ0n) is 19.8. The standard InChI is InChI=1S/C34H16Br2O2/c35-26-7-3-1-5-22(26)33(37)24-15-18-10-9-17-11-13-20-25(34(38)23-6-2-4-8-27(23)36)16-19-12-14-21(24)32-29(18)28(17)31(20)30(19)32/h1-16H. The zero-order chi connectivity index (χ0) is 25.7. The number of hydrogen-bond acceptors (Lipinski definition) is 2. The topological polar surface area (TPSA) is 34.1 Å². The van der Waals surface area contributed by atoms with Crippen molar-refractivity contribution in [1.29, 1.82) is 0 Å². The Hall–Kier alpha value is -3.86. The fourth-order valence-electron chi connectivity index (χ4n) is 6.22. The van der Waals surface area contributed by atoms with Crippen molar-refractivity contribution in [2.45, 2.75) is 0 Å². The fraction of sp³-hybridized carbons (Fsp3) is 0. The summed E-state index contributed by atoms with van der Waals surface area (Å²) in [6.07, 6.45) is 0. The summed E-state index contributed by atoms with van der Waals surface area (Å²) in [5, 5.41) is 10.7. The van der Waals surface area contributed by atoms with Gasteiger partial charge in [0.15, 0.2) is 11.6 Å². The lowest BCUT2D eigenvalue weighted by atomic mass is 9.90. The lowest BCUT2D eigenvalue weighted by Gasteiger charge is -2.12. The van der Waals surface area contributed by atoms with Crippen LogP contribution < -0.4 is 0 Å². The van der Waals surface area contributed by atoms with Crippen molar-refractivity contribution in [3.8, 4) is 0 Å². The van der Waals surface area contributed by atoms with Gasteiger partial charge in [0.05, 0.1) is 0 Å². The highest BCUT2D eigenvalue weighted by molar-refractivity contribution is 9.10. The van der Waals surface area contributed by atoms with E-state index in [0.29, 0.717) is 22.3 Å². The minimum atomic E-state index is -0.00764. The van der Waals surface area contributed by atoms with Crippen LogP contribution in [0.25, 0.3) is 53.9 Å². The summed E-state index contributed by atoms with van der Waals surface area (Å²) in [6.45, 7) is 0. The first-order valence-corrected chi connectivity index (χ1v) is 13.9. The lowest BCUT2D eigenvalue weighted by Crippen LogP contribution is -2.04. The predicted octanol–water partition coefficient (Wildman–Crippen LogP) is 9.75. The number of carbonyl (C=O) groups is 2. The van der Waals surface area contributed by atoms with Gasteiger partial charge in [-0.05, 0) is 90.3 Å². The van der Waals surface area contributed by atoms with Crippen molar-refractivity contribution in [3.05, 3.63) is 128 Å². The Bertz CT molecular complexity index is 2160. The minimum Gasteiger partial charge on any atom is -0.289 e. The molecule has 8 rings (SSSR count). The average molecular weight is 616 g/mol. The zero-order valence-corrected chi connectivity index (χ0v) is 23.0. The van der Waals surface area contributed by atoms with Gasteiger partial charge >= 0.3 is 0 Å². The molecule has 0 bridgehead atoms. The summed E-state index contributed by atoms with van der Waals surface area (Å²) < 4.78 is 1.57. The van der Waals surface area contributed by atoms with Crippen molar-refractivity contribution < 1.29 is 9.59 Å². The molecule has 4 heteroatoms. The third-order valence-corrected chi connectivity index (χ3v) is 9.25. The van der Waals surface area contributed by atoms with E-state index < -0.39 is 0 Å². The van der Waals surface area contributed by atoms with E-state index in [4.69, 9.17) is 0 Å². The molecule has 0 spiro atoms. The summed E-state index contributed by atoms with van der Waals surface area (Å²) in [6, 6.07) is 31.7. The maximum absolute atomic E-state index is 13.9. The molecule has 0 heterocycles. The SMILES string of the molecule is O=C(c1ccccc1Br)c1cc2ccc3c(C(=O)c4ccccc4Br)cc4ccc5ccc1c1c5c4c3c21. The van der Waals surface area contributed by atoms with Gasteiger partial charge < -0.3 is 0 Å². The van der Waals surface area contributed by atoms with E-state index in [1.807, 2.05) is 66.7 Å².